The van der Waals surface area contributed by atoms with Crippen LogP contribution in [0.4, 0.5) is 0 Å². The van der Waals surface area contributed by atoms with Gasteiger partial charge in [0.1, 0.15) is 13.2 Å². The number of rotatable bonds is 20. The molecule has 0 atom stereocenters. The molecule has 0 heterocycles. The van der Waals surface area contributed by atoms with Crippen LogP contribution in [0.15, 0.2) is 36.8 Å². The SMILES string of the molecule is CCCOCCOCCOC=C(C)c1ccc(C(C)=COCCOCCOCCC)cc1. The third-order valence-corrected chi connectivity index (χ3v) is 4.45. The second-order valence-electron chi connectivity index (χ2n) is 7.37. The highest BCUT2D eigenvalue weighted by Crippen LogP contribution is 2.19. The second kappa shape index (κ2) is 19.8. The van der Waals surface area contributed by atoms with Gasteiger partial charge in [0.05, 0.1) is 52.2 Å². The lowest BCUT2D eigenvalue weighted by atomic mass is 10.0. The van der Waals surface area contributed by atoms with Gasteiger partial charge in [-0.15, -0.1) is 0 Å². The first kappa shape index (κ1) is 28.2. The summed E-state index contributed by atoms with van der Waals surface area (Å²) in [5.41, 5.74) is 4.38. The fourth-order valence-corrected chi connectivity index (χ4v) is 2.65. The molecule has 1 aromatic carbocycles. The molecule has 6 heteroatoms. The predicted octanol–water partition coefficient (Wildman–Crippen LogP) is 5.33. The molecule has 32 heavy (non-hydrogen) atoms. The lowest BCUT2D eigenvalue weighted by Crippen LogP contribution is -2.08. The van der Waals surface area contributed by atoms with Gasteiger partial charge in [0.15, 0.2) is 0 Å². The first-order valence-corrected chi connectivity index (χ1v) is 11.7. The molecule has 0 aromatic heterocycles. The number of ether oxygens (including phenoxy) is 6. The van der Waals surface area contributed by atoms with Crippen molar-refractivity contribution in [3.05, 3.63) is 47.9 Å². The van der Waals surface area contributed by atoms with E-state index in [1.807, 2.05) is 13.8 Å². The van der Waals surface area contributed by atoms with Crippen LogP contribution in [0.25, 0.3) is 11.1 Å². The Kier molecular flexibility index (Phi) is 17.4. The molecule has 0 amide bonds. The minimum Gasteiger partial charge on any atom is -0.498 e. The number of hydrogen-bond donors (Lipinski definition) is 0. The summed E-state index contributed by atoms with van der Waals surface area (Å²) in [4.78, 5) is 0. The predicted molar refractivity (Wildman–Crippen MR) is 130 cm³/mol. The summed E-state index contributed by atoms with van der Waals surface area (Å²) in [6, 6.07) is 8.34. The maximum atomic E-state index is 5.59. The summed E-state index contributed by atoms with van der Waals surface area (Å²) in [7, 11) is 0. The Morgan fingerprint density at radius 1 is 0.531 bits per heavy atom. The maximum Gasteiger partial charge on any atom is 0.111 e. The van der Waals surface area contributed by atoms with Gasteiger partial charge >= 0.3 is 0 Å². The molecule has 0 N–H and O–H groups in total. The minimum atomic E-state index is 0.526. The monoisotopic (exact) mass is 450 g/mol. The van der Waals surface area contributed by atoms with E-state index in [-0.39, 0.29) is 0 Å². The lowest BCUT2D eigenvalue weighted by Gasteiger charge is -2.08. The topological polar surface area (TPSA) is 55.4 Å². The molecule has 0 spiro atoms. The van der Waals surface area contributed by atoms with Gasteiger partial charge in [0.2, 0.25) is 0 Å². The Morgan fingerprint density at radius 2 is 0.844 bits per heavy atom. The van der Waals surface area contributed by atoms with E-state index in [2.05, 4.69) is 38.1 Å². The Bertz CT molecular complexity index is 569. The molecule has 0 aliphatic carbocycles. The first-order chi connectivity index (χ1) is 15.7. The van der Waals surface area contributed by atoms with Crippen LogP contribution in [-0.4, -0.2) is 66.1 Å². The van der Waals surface area contributed by atoms with Gasteiger partial charge < -0.3 is 28.4 Å². The van der Waals surface area contributed by atoms with E-state index in [0.29, 0.717) is 52.9 Å². The summed E-state index contributed by atoms with van der Waals surface area (Å²) < 4.78 is 32.9. The van der Waals surface area contributed by atoms with E-state index in [0.717, 1.165) is 48.3 Å². The van der Waals surface area contributed by atoms with Gasteiger partial charge in [-0.1, -0.05) is 38.1 Å². The van der Waals surface area contributed by atoms with Gasteiger partial charge in [0.25, 0.3) is 0 Å². The highest BCUT2D eigenvalue weighted by Gasteiger charge is 2.00. The van der Waals surface area contributed by atoms with Crippen LogP contribution in [0.5, 0.6) is 0 Å². The number of hydrogen-bond acceptors (Lipinski definition) is 6. The summed E-state index contributed by atoms with van der Waals surface area (Å²) in [6.45, 7) is 14.5. The Labute approximate surface area is 194 Å². The Balaban J connectivity index is 2.23. The molecule has 182 valence electrons. The standard InChI is InChI=1S/C26H42O6/c1-5-11-27-13-15-29-17-19-31-21-23(3)25-7-9-26(10-8-25)24(4)22-32-20-18-30-16-14-28-12-6-2/h7-10,21-22H,5-6,11-20H2,1-4H3. The zero-order valence-electron chi connectivity index (χ0n) is 20.4. The van der Waals surface area contributed by atoms with Gasteiger partial charge in [-0.25, -0.2) is 0 Å². The second-order valence-corrected chi connectivity index (χ2v) is 7.37. The average Bonchev–Trinajstić information content (AvgIpc) is 2.81. The van der Waals surface area contributed by atoms with Gasteiger partial charge in [-0.2, -0.15) is 0 Å². The summed E-state index contributed by atoms with van der Waals surface area (Å²) >= 11 is 0. The van der Waals surface area contributed by atoms with E-state index in [4.69, 9.17) is 28.4 Å². The molecule has 0 aliphatic rings. The van der Waals surface area contributed by atoms with E-state index >= 15 is 0 Å². The highest BCUT2D eigenvalue weighted by molar-refractivity contribution is 5.68. The molecule has 1 rings (SSSR count). The van der Waals surface area contributed by atoms with Gasteiger partial charge in [0, 0.05) is 13.2 Å². The molecule has 1 aromatic rings. The zero-order chi connectivity index (χ0) is 23.3. The van der Waals surface area contributed by atoms with Crippen LogP contribution in [0.3, 0.4) is 0 Å². The normalized spacial score (nSPS) is 12.2. The highest BCUT2D eigenvalue weighted by atomic mass is 16.5. The number of allylic oxidation sites excluding steroid dienone is 2. The molecular formula is C26H42O6. The Hall–Kier alpha value is -1.86. The molecule has 0 unspecified atom stereocenters. The first-order valence-electron chi connectivity index (χ1n) is 11.7. The maximum absolute atomic E-state index is 5.59. The third-order valence-electron chi connectivity index (χ3n) is 4.45. The van der Waals surface area contributed by atoms with E-state index in [1.54, 1.807) is 12.5 Å². The Morgan fingerprint density at radius 3 is 1.19 bits per heavy atom. The molecule has 0 aliphatic heterocycles. The van der Waals surface area contributed by atoms with Crippen molar-refractivity contribution in [1.29, 1.82) is 0 Å². The van der Waals surface area contributed by atoms with E-state index in [9.17, 15) is 0 Å². The summed E-state index contributed by atoms with van der Waals surface area (Å²) in [5.74, 6) is 0. The average molecular weight is 451 g/mol. The van der Waals surface area contributed by atoms with Crippen molar-refractivity contribution in [3.63, 3.8) is 0 Å². The quantitative estimate of drug-likeness (QED) is 0.198. The molecule has 0 bridgehead atoms. The minimum absolute atomic E-state index is 0.526. The van der Waals surface area contributed by atoms with Crippen molar-refractivity contribution >= 4 is 11.1 Å². The molecular weight excluding hydrogens is 408 g/mol. The van der Waals surface area contributed by atoms with Crippen molar-refractivity contribution in [1.82, 2.24) is 0 Å². The molecule has 6 nitrogen and oxygen atoms in total. The van der Waals surface area contributed by atoms with Crippen molar-refractivity contribution in [2.45, 2.75) is 40.5 Å². The smallest absolute Gasteiger partial charge is 0.111 e. The van der Waals surface area contributed by atoms with Crippen LogP contribution in [-0.2, 0) is 28.4 Å². The number of benzene rings is 1. The fourth-order valence-electron chi connectivity index (χ4n) is 2.65. The molecule has 0 radical (unpaired) electrons. The van der Waals surface area contributed by atoms with E-state index in [1.165, 1.54) is 0 Å². The van der Waals surface area contributed by atoms with Crippen LogP contribution in [0, 0.1) is 0 Å². The van der Waals surface area contributed by atoms with Crippen molar-refractivity contribution in [2.24, 2.45) is 0 Å². The lowest BCUT2D eigenvalue weighted by molar-refractivity contribution is 0.0309. The molecule has 0 saturated carbocycles. The van der Waals surface area contributed by atoms with Crippen LogP contribution >= 0.6 is 0 Å². The van der Waals surface area contributed by atoms with Crippen molar-refractivity contribution in [3.8, 4) is 0 Å². The third kappa shape index (κ3) is 14.2. The largest absolute Gasteiger partial charge is 0.498 e. The zero-order valence-corrected chi connectivity index (χ0v) is 20.4. The van der Waals surface area contributed by atoms with Crippen LogP contribution in [0.1, 0.15) is 51.7 Å². The van der Waals surface area contributed by atoms with Crippen molar-refractivity contribution in [2.75, 3.05) is 66.1 Å². The fraction of sp³-hybridized carbons (Fsp3) is 0.615. The van der Waals surface area contributed by atoms with Crippen LogP contribution < -0.4 is 0 Å². The van der Waals surface area contributed by atoms with E-state index < -0.39 is 0 Å². The molecule has 0 fully saturated rings. The molecule has 0 saturated heterocycles. The van der Waals surface area contributed by atoms with Crippen LogP contribution in [0.2, 0.25) is 0 Å². The summed E-state index contributed by atoms with van der Waals surface area (Å²) in [6.07, 6.45) is 5.63. The van der Waals surface area contributed by atoms with Gasteiger partial charge in [-0.3, -0.25) is 0 Å². The van der Waals surface area contributed by atoms with Crippen molar-refractivity contribution < 1.29 is 28.4 Å². The summed E-state index contributed by atoms with van der Waals surface area (Å²) in [5, 5.41) is 0. The van der Waals surface area contributed by atoms with Gasteiger partial charge in [-0.05, 0) is 49.0 Å².